The van der Waals surface area contributed by atoms with Crippen molar-refractivity contribution in [1.29, 1.82) is 0 Å². The first kappa shape index (κ1) is 19.5. The quantitative estimate of drug-likeness (QED) is 0.617. The van der Waals surface area contributed by atoms with Crippen LogP contribution in [0.4, 0.5) is 14.5 Å². The van der Waals surface area contributed by atoms with E-state index in [0.29, 0.717) is 23.1 Å². The Hall–Kier alpha value is -3.26. The number of ether oxygens (including phenoxy) is 2. The third kappa shape index (κ3) is 4.34. The topological polar surface area (TPSA) is 77.8 Å². The van der Waals surface area contributed by atoms with Crippen molar-refractivity contribution in [3.05, 3.63) is 65.4 Å². The molecule has 1 heterocycles. The van der Waals surface area contributed by atoms with E-state index in [2.05, 4.69) is 5.32 Å². The van der Waals surface area contributed by atoms with Crippen molar-refractivity contribution in [2.45, 2.75) is 13.5 Å². The molecule has 3 rings (SSSR count). The minimum absolute atomic E-state index is 0.0423. The molecular weight excluding hydrogens is 372 g/mol. The molecule has 0 bridgehead atoms. The highest BCUT2D eigenvalue weighted by Crippen LogP contribution is 2.27. The van der Waals surface area contributed by atoms with Crippen LogP contribution in [0.15, 0.2) is 46.9 Å². The normalized spacial score (nSPS) is 10.8. The zero-order chi connectivity index (χ0) is 20.1. The monoisotopic (exact) mass is 389 g/mol. The molecule has 0 saturated heterocycles. The van der Waals surface area contributed by atoms with E-state index in [1.807, 2.05) is 6.92 Å². The van der Waals surface area contributed by atoms with Gasteiger partial charge in [-0.1, -0.05) is 18.2 Å². The highest BCUT2D eigenvalue weighted by atomic mass is 19.2. The number of hydrogen-bond acceptors (Lipinski definition) is 5. The fourth-order valence-electron chi connectivity index (χ4n) is 2.58. The number of esters is 1. The smallest absolute Gasteiger partial charge is 0.375 e. The van der Waals surface area contributed by atoms with Gasteiger partial charge in [0.15, 0.2) is 18.2 Å². The molecule has 0 aliphatic heterocycles. The van der Waals surface area contributed by atoms with Gasteiger partial charge in [-0.2, -0.15) is 0 Å². The van der Waals surface area contributed by atoms with Crippen LogP contribution in [-0.2, 0) is 20.9 Å². The molecule has 1 amide bonds. The van der Waals surface area contributed by atoms with Gasteiger partial charge in [0.05, 0.1) is 6.61 Å². The third-order valence-corrected chi connectivity index (χ3v) is 3.87. The van der Waals surface area contributed by atoms with Crippen molar-refractivity contribution < 1.29 is 32.3 Å². The van der Waals surface area contributed by atoms with Gasteiger partial charge in [-0.25, -0.2) is 13.6 Å². The summed E-state index contributed by atoms with van der Waals surface area (Å²) in [6.45, 7) is 1.80. The van der Waals surface area contributed by atoms with Crippen molar-refractivity contribution >= 4 is 28.5 Å². The van der Waals surface area contributed by atoms with Crippen LogP contribution < -0.4 is 5.32 Å². The lowest BCUT2D eigenvalue weighted by molar-refractivity contribution is -0.119. The minimum Gasteiger partial charge on any atom is -0.450 e. The molecule has 0 aliphatic carbocycles. The van der Waals surface area contributed by atoms with Gasteiger partial charge in [0.1, 0.15) is 5.58 Å². The number of amides is 1. The highest BCUT2D eigenvalue weighted by Gasteiger charge is 2.22. The number of anilines is 1. The number of carbonyl (C=O) groups excluding carboxylic acids is 2. The molecule has 0 atom stereocenters. The Morgan fingerprint density at radius 1 is 1.11 bits per heavy atom. The second kappa shape index (κ2) is 8.62. The number of fused-ring (bicyclic) bond motifs is 1. The van der Waals surface area contributed by atoms with Crippen molar-refractivity contribution in [2.75, 3.05) is 18.5 Å². The number of benzene rings is 2. The predicted octanol–water partition coefficient (Wildman–Crippen LogP) is 4.04. The van der Waals surface area contributed by atoms with E-state index in [4.69, 9.17) is 13.9 Å². The van der Waals surface area contributed by atoms with E-state index in [-0.39, 0.29) is 18.1 Å². The Balaban J connectivity index is 1.68. The Bertz CT molecular complexity index is 1010. The lowest BCUT2D eigenvalue weighted by Crippen LogP contribution is -2.21. The molecule has 8 heteroatoms. The Kier molecular flexibility index (Phi) is 6.00. The van der Waals surface area contributed by atoms with Gasteiger partial charge in [0.2, 0.25) is 5.76 Å². The lowest BCUT2D eigenvalue weighted by atomic mass is 10.1. The van der Waals surface area contributed by atoms with E-state index in [9.17, 15) is 18.4 Å². The van der Waals surface area contributed by atoms with Crippen molar-refractivity contribution in [3.63, 3.8) is 0 Å². The van der Waals surface area contributed by atoms with E-state index in [1.165, 1.54) is 6.07 Å². The zero-order valence-corrected chi connectivity index (χ0v) is 15.0. The third-order valence-electron chi connectivity index (χ3n) is 3.87. The molecule has 146 valence electrons. The van der Waals surface area contributed by atoms with Gasteiger partial charge >= 0.3 is 5.97 Å². The summed E-state index contributed by atoms with van der Waals surface area (Å²) in [5.41, 5.74) is 1.07. The van der Waals surface area contributed by atoms with Crippen LogP contribution in [0.1, 0.15) is 23.0 Å². The number of para-hydroxylation sites is 1. The van der Waals surface area contributed by atoms with Gasteiger partial charge in [-0.05, 0) is 25.1 Å². The van der Waals surface area contributed by atoms with Crippen LogP contribution in [0, 0.1) is 11.6 Å². The summed E-state index contributed by atoms with van der Waals surface area (Å²) in [6, 6.07) is 9.97. The molecule has 0 fully saturated rings. The standard InChI is InChI=1S/C20H17F2NO5/c1-2-26-10-14-13-5-3-4-6-17(13)28-19(14)20(25)27-11-18(24)23-12-7-8-15(21)16(22)9-12/h3-9H,2,10-11H2,1H3,(H,23,24). The van der Waals surface area contributed by atoms with Crippen LogP contribution >= 0.6 is 0 Å². The molecule has 1 aromatic heterocycles. The van der Waals surface area contributed by atoms with Gasteiger partial charge in [0.25, 0.3) is 5.91 Å². The maximum atomic E-state index is 13.2. The summed E-state index contributed by atoms with van der Waals surface area (Å²) in [6.07, 6.45) is 0. The van der Waals surface area contributed by atoms with Crippen LogP contribution in [0.5, 0.6) is 0 Å². The van der Waals surface area contributed by atoms with Crippen molar-refractivity contribution in [1.82, 2.24) is 0 Å². The first-order chi connectivity index (χ1) is 13.5. The van der Waals surface area contributed by atoms with E-state index >= 15 is 0 Å². The first-order valence-corrected chi connectivity index (χ1v) is 8.49. The number of carbonyl (C=O) groups is 2. The fraction of sp³-hybridized carbons (Fsp3) is 0.200. The van der Waals surface area contributed by atoms with Gasteiger partial charge < -0.3 is 19.2 Å². The van der Waals surface area contributed by atoms with E-state index in [0.717, 1.165) is 12.1 Å². The second-order valence-corrected chi connectivity index (χ2v) is 5.80. The lowest BCUT2D eigenvalue weighted by Gasteiger charge is -2.07. The molecule has 0 aliphatic rings. The largest absolute Gasteiger partial charge is 0.450 e. The molecule has 1 N–H and O–H groups in total. The summed E-state index contributed by atoms with van der Waals surface area (Å²) >= 11 is 0. The van der Waals surface area contributed by atoms with Gasteiger partial charge in [-0.15, -0.1) is 0 Å². The molecular formula is C20H17F2NO5. The molecule has 6 nitrogen and oxygen atoms in total. The number of hydrogen-bond donors (Lipinski definition) is 1. The number of halogens is 2. The molecule has 0 unspecified atom stereocenters. The Morgan fingerprint density at radius 3 is 2.64 bits per heavy atom. The van der Waals surface area contributed by atoms with Crippen LogP contribution in [-0.4, -0.2) is 25.1 Å². The maximum Gasteiger partial charge on any atom is 0.375 e. The van der Waals surface area contributed by atoms with Crippen LogP contribution in [0.3, 0.4) is 0 Å². The summed E-state index contributed by atoms with van der Waals surface area (Å²) in [5.74, 6) is -3.71. The summed E-state index contributed by atoms with van der Waals surface area (Å²) < 4.78 is 42.0. The Labute approximate surface area is 159 Å². The van der Waals surface area contributed by atoms with E-state index < -0.39 is 30.1 Å². The molecule has 0 spiro atoms. The average molecular weight is 389 g/mol. The van der Waals surface area contributed by atoms with E-state index in [1.54, 1.807) is 24.3 Å². The minimum atomic E-state index is -1.10. The SMILES string of the molecule is CCOCc1c(C(=O)OCC(=O)Nc2ccc(F)c(F)c2)oc2ccccc12. The molecule has 0 radical (unpaired) electrons. The first-order valence-electron chi connectivity index (χ1n) is 8.49. The molecule has 0 saturated carbocycles. The van der Waals surface area contributed by atoms with Crippen molar-refractivity contribution in [2.24, 2.45) is 0 Å². The summed E-state index contributed by atoms with van der Waals surface area (Å²) in [4.78, 5) is 24.3. The zero-order valence-electron chi connectivity index (χ0n) is 15.0. The molecule has 3 aromatic rings. The average Bonchev–Trinajstić information content (AvgIpc) is 3.06. The number of furan rings is 1. The van der Waals surface area contributed by atoms with Gasteiger partial charge in [0, 0.05) is 29.3 Å². The predicted molar refractivity (Wildman–Crippen MR) is 96.8 cm³/mol. The fourth-order valence-corrected chi connectivity index (χ4v) is 2.58. The molecule has 2 aromatic carbocycles. The maximum absolute atomic E-state index is 13.2. The second-order valence-electron chi connectivity index (χ2n) is 5.80. The van der Waals surface area contributed by atoms with Crippen molar-refractivity contribution in [3.8, 4) is 0 Å². The van der Waals surface area contributed by atoms with Crippen LogP contribution in [0.2, 0.25) is 0 Å². The summed E-state index contributed by atoms with van der Waals surface area (Å²) in [5, 5.41) is 3.03. The van der Waals surface area contributed by atoms with Gasteiger partial charge in [-0.3, -0.25) is 4.79 Å². The van der Waals surface area contributed by atoms with Crippen LogP contribution in [0.25, 0.3) is 11.0 Å². The molecule has 28 heavy (non-hydrogen) atoms. The number of nitrogens with one attached hydrogen (secondary N) is 1. The highest BCUT2D eigenvalue weighted by molar-refractivity contribution is 5.98. The summed E-state index contributed by atoms with van der Waals surface area (Å²) in [7, 11) is 0. The Morgan fingerprint density at radius 2 is 1.89 bits per heavy atom. The number of rotatable bonds is 7.